The molecule has 0 bridgehead atoms. The monoisotopic (exact) mass is 1690 g/mol. The van der Waals surface area contributed by atoms with E-state index < -0.39 is 39.2 Å². The van der Waals surface area contributed by atoms with Crippen molar-refractivity contribution < 1.29 is 22.0 Å². The average Bonchev–Trinajstić information content (AvgIpc) is 1.05. The molecule has 0 atom stereocenters. The van der Waals surface area contributed by atoms with Gasteiger partial charge in [-0.15, -0.1) is 0 Å². The van der Waals surface area contributed by atoms with Gasteiger partial charge in [0.15, 0.2) is 0 Å². The fourth-order valence-corrected chi connectivity index (χ4v) is 26.8. The lowest BCUT2D eigenvalue weighted by atomic mass is 9.43. The SMILES string of the molecule is CC(C)(C)C(C)(C(C)(C)C)C(F)(F)F.CC(C)(C)C(C)(C)C(C)(C)C.CC(C)(C)C(C)(c1ccccc1)C(C)(C)C.CC(C)(C)C(C1CCCC1)(C1CCCC1)C(C)(C)C.CC(C)(C)C(F)(F)C(C)(C)C.CC(C)(C)C(c1ccccc1)(c1ccccc1)C(C)(C)C.CC(C)C(C(C)C)(C(C)(C)C)C(C)(C)C.CCC(CC)(C(C)(C)C)C(C)(C)C. The first kappa shape index (κ1) is 121. The maximum Gasteiger partial charge on any atom is 0.395 e. The molecule has 120 heavy (non-hydrogen) atoms. The molecule has 0 radical (unpaired) electrons. The summed E-state index contributed by atoms with van der Waals surface area (Å²) in [6, 6.07) is 32.9. The highest BCUT2D eigenvalue weighted by molar-refractivity contribution is 5.44. The molecular weight excluding hydrogens is 1480 g/mol. The van der Waals surface area contributed by atoms with Gasteiger partial charge in [0.2, 0.25) is 0 Å². The highest BCUT2D eigenvalue weighted by Crippen LogP contribution is 2.68. The first-order valence-corrected chi connectivity index (χ1v) is 47.9. The van der Waals surface area contributed by atoms with Crippen molar-refractivity contribution in [3.8, 4) is 0 Å². The number of halogens is 5. The second-order valence-corrected chi connectivity index (χ2v) is 55.6. The zero-order chi connectivity index (χ0) is 97.2. The van der Waals surface area contributed by atoms with Gasteiger partial charge >= 0.3 is 6.18 Å². The van der Waals surface area contributed by atoms with Gasteiger partial charge in [-0.1, -0.05) is 511 Å². The van der Waals surface area contributed by atoms with Crippen molar-refractivity contribution in [3.05, 3.63) is 108 Å². The third-order valence-electron chi connectivity index (χ3n) is 33.1. The van der Waals surface area contributed by atoms with Crippen molar-refractivity contribution in [2.45, 2.75) is 489 Å². The van der Waals surface area contributed by atoms with E-state index in [2.05, 4.69) is 403 Å². The molecular formula is C115H213F5. The van der Waals surface area contributed by atoms with E-state index in [0.29, 0.717) is 76.8 Å². The minimum Gasteiger partial charge on any atom is -0.206 e. The first-order valence-electron chi connectivity index (χ1n) is 47.9. The van der Waals surface area contributed by atoms with Crippen LogP contribution >= 0.6 is 0 Å². The number of rotatable bonds is 9. The quantitative estimate of drug-likeness (QED) is 0.187. The Morgan fingerprint density at radius 3 is 0.583 bits per heavy atom. The Hall–Kier alpha value is -2.69. The molecule has 0 spiro atoms. The second kappa shape index (κ2) is 41.4. The number of hydrogen-bond donors (Lipinski definition) is 0. The number of hydrogen-bond acceptors (Lipinski definition) is 0. The van der Waals surface area contributed by atoms with E-state index in [4.69, 9.17) is 0 Å². The van der Waals surface area contributed by atoms with E-state index in [-0.39, 0.29) is 32.5 Å². The lowest BCUT2D eigenvalue weighted by molar-refractivity contribution is -0.286. The summed E-state index contributed by atoms with van der Waals surface area (Å²) < 4.78 is 66.2. The molecule has 0 saturated heterocycles. The molecule has 2 aliphatic rings. The Labute approximate surface area is 751 Å². The third kappa shape index (κ3) is 27.0. The lowest BCUT2D eigenvalue weighted by Crippen LogP contribution is -2.55. The van der Waals surface area contributed by atoms with Crippen molar-refractivity contribution in [2.24, 2.45) is 137 Å². The highest BCUT2D eigenvalue weighted by atomic mass is 19.4. The standard InChI is InChI=1S/C21H28.C19H36.C16H26.C15H32.C13H28.C11H21F3.C11H24.C9H18F2/c1-19(2,3)21(20(4,5)6,17-13-9-7-10-14-17)18-15-11-8-12-16-18;1-17(2,3)19(18(4,5)6,15-11-7-8-12-15)16-13-9-10-14-16;1-14(2,3)16(7,15(4,5)6)13-11-9-8-10-12-13;1-11(2)15(12(3)4,13(5,6)7)14(8,9)10;1-9-13(10-2,11(3,4)5)12(6,7)8;1-8(2,3)10(7,9(4,5)6)11(12,13)14;1-9(2,3)11(7,8)10(4,5)6;1-7(2,3)9(10,11)8(4,5)6/h7-16H,1-6H3;15-16H,7-14H2,1-6H3;8-12H,1-7H3;11-12H,1-10H3;9-10H2,1-8H3;1-7H3;1-8H3;1-6H3. The summed E-state index contributed by atoms with van der Waals surface area (Å²) in [4.78, 5) is 0. The number of alkyl halides is 5. The zero-order valence-corrected chi connectivity index (χ0v) is 91.9. The van der Waals surface area contributed by atoms with Gasteiger partial charge in [0.25, 0.3) is 5.92 Å². The molecule has 0 unspecified atom stereocenters. The van der Waals surface area contributed by atoms with E-state index in [1.54, 1.807) is 83.1 Å². The van der Waals surface area contributed by atoms with Crippen LogP contribution in [-0.2, 0) is 10.8 Å². The molecule has 2 saturated carbocycles. The van der Waals surface area contributed by atoms with Gasteiger partial charge in [-0.3, -0.25) is 0 Å². The topological polar surface area (TPSA) is 0 Å². The van der Waals surface area contributed by atoms with E-state index in [1.807, 2.05) is 0 Å². The van der Waals surface area contributed by atoms with Gasteiger partial charge in [-0.05, 0) is 183 Å². The molecule has 708 valence electrons. The predicted molar refractivity (Wildman–Crippen MR) is 533 cm³/mol. The number of benzene rings is 3. The Bertz CT molecular complexity index is 3070. The molecule has 0 nitrogen and oxygen atoms in total. The fraction of sp³-hybridized carbons (Fsp3) is 0.843. The van der Waals surface area contributed by atoms with Crippen LogP contribution in [0.1, 0.15) is 482 Å². The highest BCUT2D eigenvalue weighted by Gasteiger charge is 2.65. The molecule has 2 fully saturated rings. The van der Waals surface area contributed by atoms with Gasteiger partial charge < -0.3 is 0 Å². The summed E-state index contributed by atoms with van der Waals surface area (Å²) >= 11 is 0. The Balaban J connectivity index is -0.00000132. The molecule has 0 aromatic heterocycles. The molecule has 5 rings (SSSR count). The van der Waals surface area contributed by atoms with Gasteiger partial charge in [-0.2, -0.15) is 13.2 Å². The minimum absolute atomic E-state index is 0.0392. The van der Waals surface area contributed by atoms with E-state index in [0.717, 1.165) is 11.8 Å². The van der Waals surface area contributed by atoms with Crippen LogP contribution in [0.3, 0.4) is 0 Å². The summed E-state index contributed by atoms with van der Waals surface area (Å²) in [5.41, 5.74) is 4.70. The molecule has 0 amide bonds. The van der Waals surface area contributed by atoms with Crippen LogP contribution in [0.15, 0.2) is 91.0 Å². The third-order valence-corrected chi connectivity index (χ3v) is 33.1. The predicted octanol–water partition coefficient (Wildman–Crippen LogP) is 40.3. The Kier molecular flexibility index (Phi) is 41.9. The van der Waals surface area contributed by atoms with Gasteiger partial charge in [-0.25, -0.2) is 8.78 Å². The molecule has 3 aromatic carbocycles. The van der Waals surface area contributed by atoms with Crippen LogP contribution < -0.4 is 0 Å². The minimum atomic E-state index is -4.18. The molecule has 3 aromatic rings. The summed E-state index contributed by atoms with van der Waals surface area (Å²) in [6.45, 7) is 128. The van der Waals surface area contributed by atoms with Crippen LogP contribution in [0, 0.1) is 137 Å². The van der Waals surface area contributed by atoms with Crippen LogP contribution in [0.4, 0.5) is 22.0 Å². The van der Waals surface area contributed by atoms with Crippen molar-refractivity contribution in [1.82, 2.24) is 0 Å². The van der Waals surface area contributed by atoms with Gasteiger partial charge in [0, 0.05) is 21.7 Å². The fourth-order valence-electron chi connectivity index (χ4n) is 26.8. The largest absolute Gasteiger partial charge is 0.395 e. The smallest absolute Gasteiger partial charge is 0.206 e. The van der Waals surface area contributed by atoms with Gasteiger partial charge in [0.05, 0.1) is 5.41 Å². The molecule has 0 heterocycles. The van der Waals surface area contributed by atoms with Crippen molar-refractivity contribution in [3.63, 3.8) is 0 Å². The second-order valence-electron chi connectivity index (χ2n) is 55.6. The molecule has 0 N–H and O–H groups in total. The van der Waals surface area contributed by atoms with Crippen LogP contribution in [0.2, 0.25) is 0 Å². The van der Waals surface area contributed by atoms with Crippen molar-refractivity contribution in [1.29, 1.82) is 0 Å². The van der Waals surface area contributed by atoms with E-state index in [9.17, 15) is 22.0 Å². The van der Waals surface area contributed by atoms with Crippen molar-refractivity contribution >= 4 is 0 Å². The van der Waals surface area contributed by atoms with Crippen LogP contribution in [0.25, 0.3) is 0 Å². The Morgan fingerprint density at radius 2 is 0.483 bits per heavy atom. The van der Waals surface area contributed by atoms with Crippen LogP contribution in [-0.4, -0.2) is 12.1 Å². The summed E-state index contributed by atoms with van der Waals surface area (Å²) in [7, 11) is 0. The molecule has 5 heteroatoms. The summed E-state index contributed by atoms with van der Waals surface area (Å²) in [5.74, 6) is 0.723. The lowest BCUT2D eigenvalue weighted by Gasteiger charge is -2.61. The Morgan fingerprint density at radius 1 is 0.258 bits per heavy atom. The van der Waals surface area contributed by atoms with E-state index in [1.165, 1.54) is 87.8 Å². The molecule has 2 aliphatic carbocycles. The molecule has 0 aliphatic heterocycles. The summed E-state index contributed by atoms with van der Waals surface area (Å²) in [5, 5.41) is 0. The zero-order valence-electron chi connectivity index (χ0n) is 91.9. The maximum absolute atomic E-state index is 13.4. The summed E-state index contributed by atoms with van der Waals surface area (Å²) in [6.07, 6.45) is 10.2. The van der Waals surface area contributed by atoms with Gasteiger partial charge in [0.1, 0.15) is 0 Å². The van der Waals surface area contributed by atoms with Crippen LogP contribution in [0.5, 0.6) is 0 Å². The normalized spacial score (nSPS) is 16.2. The average molecular weight is 1690 g/mol. The first-order chi connectivity index (χ1) is 52.3. The van der Waals surface area contributed by atoms with Crippen molar-refractivity contribution in [2.75, 3.05) is 0 Å². The maximum atomic E-state index is 13.4. The van der Waals surface area contributed by atoms with E-state index >= 15 is 0 Å².